The lowest BCUT2D eigenvalue weighted by Gasteiger charge is -2.42. The molecular weight excluding hydrogens is 400 g/mol. The Kier molecular flexibility index (Phi) is 5.73. The van der Waals surface area contributed by atoms with Gasteiger partial charge < -0.3 is 19.3 Å². The van der Waals surface area contributed by atoms with Gasteiger partial charge in [0.25, 0.3) is 5.91 Å². The van der Waals surface area contributed by atoms with E-state index in [0.717, 1.165) is 36.4 Å². The summed E-state index contributed by atoms with van der Waals surface area (Å²) in [4.78, 5) is 31.8. The van der Waals surface area contributed by atoms with Crippen LogP contribution in [0.2, 0.25) is 0 Å². The van der Waals surface area contributed by atoms with Gasteiger partial charge in [0.15, 0.2) is 11.5 Å². The van der Waals surface area contributed by atoms with E-state index in [1.807, 2.05) is 28.5 Å². The quantitative estimate of drug-likeness (QED) is 0.740. The van der Waals surface area contributed by atoms with Crippen molar-refractivity contribution in [2.75, 3.05) is 34.4 Å². The Morgan fingerprint density at radius 2 is 1.80 bits per heavy atom. The van der Waals surface area contributed by atoms with E-state index < -0.39 is 5.92 Å². The lowest BCUT2D eigenvalue weighted by molar-refractivity contribution is -0.135. The maximum absolute atomic E-state index is 13.9. The number of amides is 2. The normalized spacial score (nSPS) is 22.1. The number of ether oxygens (including phenoxy) is 2. The van der Waals surface area contributed by atoms with Crippen molar-refractivity contribution >= 4 is 23.2 Å². The molecule has 2 amide bonds. The van der Waals surface area contributed by atoms with E-state index in [4.69, 9.17) is 9.47 Å². The van der Waals surface area contributed by atoms with Crippen molar-refractivity contribution in [1.29, 1.82) is 0 Å². The van der Waals surface area contributed by atoms with Crippen LogP contribution in [-0.4, -0.2) is 56.0 Å². The molecule has 3 heterocycles. The van der Waals surface area contributed by atoms with E-state index in [2.05, 4.69) is 6.92 Å². The average Bonchev–Trinajstić information content (AvgIpc) is 3.29. The summed E-state index contributed by atoms with van der Waals surface area (Å²) in [6, 6.07) is 7.15. The molecule has 0 saturated carbocycles. The predicted molar refractivity (Wildman–Crippen MR) is 116 cm³/mol. The molecule has 4 rings (SSSR count). The maximum Gasteiger partial charge on any atom is 0.254 e. The minimum Gasteiger partial charge on any atom is -0.493 e. The zero-order valence-electron chi connectivity index (χ0n) is 17.9. The summed E-state index contributed by atoms with van der Waals surface area (Å²) in [7, 11) is 4.90. The lowest BCUT2D eigenvalue weighted by Crippen LogP contribution is -2.48. The van der Waals surface area contributed by atoms with E-state index in [0.29, 0.717) is 23.0 Å². The molecule has 1 aromatic carbocycles. The van der Waals surface area contributed by atoms with E-state index in [9.17, 15) is 9.59 Å². The minimum absolute atomic E-state index is 0.0770. The topological polar surface area (TPSA) is 59.1 Å². The number of thiophene rings is 1. The van der Waals surface area contributed by atoms with Crippen molar-refractivity contribution in [3.63, 3.8) is 0 Å². The number of likely N-dealkylation sites (N-methyl/N-ethyl adjacent to an activating group) is 1. The molecule has 0 bridgehead atoms. The number of carbonyl (C=O) groups excluding carboxylic acids is 2. The minimum atomic E-state index is -0.477. The molecule has 30 heavy (non-hydrogen) atoms. The number of fused-ring (bicyclic) bond motifs is 1. The van der Waals surface area contributed by atoms with Crippen LogP contribution in [0.4, 0.5) is 0 Å². The van der Waals surface area contributed by atoms with Gasteiger partial charge in [-0.2, -0.15) is 0 Å². The number of rotatable bonds is 4. The van der Waals surface area contributed by atoms with Gasteiger partial charge >= 0.3 is 0 Å². The Balaban J connectivity index is 1.85. The Hall–Kier alpha value is -2.54. The Labute approximate surface area is 181 Å². The molecule has 2 aromatic rings. The number of hydrogen-bond acceptors (Lipinski definition) is 5. The average molecular weight is 429 g/mol. The van der Waals surface area contributed by atoms with Crippen molar-refractivity contribution in [2.24, 2.45) is 5.92 Å². The van der Waals surface area contributed by atoms with Crippen LogP contribution in [0.3, 0.4) is 0 Å². The van der Waals surface area contributed by atoms with Gasteiger partial charge in [-0.25, -0.2) is 0 Å². The van der Waals surface area contributed by atoms with Crippen LogP contribution in [0, 0.1) is 5.92 Å². The molecular formula is C23H28N2O4S. The highest BCUT2D eigenvalue weighted by Gasteiger charge is 2.45. The number of methoxy groups -OCH3 is 2. The molecule has 0 unspecified atom stereocenters. The van der Waals surface area contributed by atoms with Gasteiger partial charge in [-0.05, 0) is 47.9 Å². The third-order valence-electron chi connectivity index (χ3n) is 6.37. The summed E-state index contributed by atoms with van der Waals surface area (Å²) in [5.41, 5.74) is 1.23. The first-order valence-electron chi connectivity index (χ1n) is 10.3. The highest BCUT2D eigenvalue weighted by atomic mass is 32.1. The number of nitrogens with zero attached hydrogens (tertiary/aromatic N) is 2. The number of carbonyl (C=O) groups is 2. The van der Waals surface area contributed by atoms with Gasteiger partial charge in [0.2, 0.25) is 5.91 Å². The third-order valence-corrected chi connectivity index (χ3v) is 7.31. The Morgan fingerprint density at radius 1 is 1.13 bits per heavy atom. The van der Waals surface area contributed by atoms with Crippen LogP contribution in [0.1, 0.15) is 52.5 Å². The summed E-state index contributed by atoms with van der Waals surface area (Å²) >= 11 is 1.58. The van der Waals surface area contributed by atoms with Gasteiger partial charge in [-0.15, -0.1) is 11.3 Å². The molecule has 6 nitrogen and oxygen atoms in total. The highest BCUT2D eigenvalue weighted by molar-refractivity contribution is 7.10. The predicted octanol–water partition coefficient (Wildman–Crippen LogP) is 3.93. The van der Waals surface area contributed by atoms with Crippen LogP contribution in [-0.2, 0) is 4.79 Å². The van der Waals surface area contributed by atoms with Gasteiger partial charge in [0.1, 0.15) is 0 Å². The maximum atomic E-state index is 13.9. The summed E-state index contributed by atoms with van der Waals surface area (Å²) < 4.78 is 10.9. The smallest absolute Gasteiger partial charge is 0.254 e. The van der Waals surface area contributed by atoms with Crippen LogP contribution in [0.25, 0.3) is 0 Å². The van der Waals surface area contributed by atoms with Crippen molar-refractivity contribution in [3.05, 3.63) is 45.6 Å². The molecule has 2 aliphatic rings. The SMILES string of the molecule is COc1cc2c(cc1OC)[C@H](C(=O)N1CCC(C)CC1)[C@@H](c1cccs1)N(C)C2=O. The fraction of sp³-hybridized carbons (Fsp3) is 0.478. The second kappa shape index (κ2) is 8.30. The van der Waals surface area contributed by atoms with E-state index in [1.165, 1.54) is 0 Å². The Morgan fingerprint density at radius 3 is 2.40 bits per heavy atom. The summed E-state index contributed by atoms with van der Waals surface area (Å²) in [5.74, 6) is 1.15. The summed E-state index contributed by atoms with van der Waals surface area (Å²) in [6.07, 6.45) is 2.02. The molecule has 0 N–H and O–H groups in total. The van der Waals surface area contributed by atoms with Crippen molar-refractivity contribution in [1.82, 2.24) is 9.80 Å². The van der Waals surface area contributed by atoms with Crippen molar-refractivity contribution < 1.29 is 19.1 Å². The van der Waals surface area contributed by atoms with E-state index in [-0.39, 0.29) is 17.9 Å². The first kappa shape index (κ1) is 20.7. The van der Waals surface area contributed by atoms with Crippen LogP contribution >= 0.6 is 11.3 Å². The van der Waals surface area contributed by atoms with Gasteiger partial charge in [0.05, 0.1) is 26.2 Å². The fourth-order valence-electron chi connectivity index (χ4n) is 4.56. The second-order valence-corrected chi connectivity index (χ2v) is 9.14. The van der Waals surface area contributed by atoms with Crippen LogP contribution < -0.4 is 9.47 Å². The molecule has 1 aromatic heterocycles. The molecule has 0 aliphatic carbocycles. The highest BCUT2D eigenvalue weighted by Crippen LogP contribution is 2.47. The van der Waals surface area contributed by atoms with Gasteiger partial charge in [-0.1, -0.05) is 13.0 Å². The standard InChI is InChI=1S/C23H28N2O4S/c1-14-7-9-25(10-8-14)23(27)20-15-12-17(28-3)18(29-4)13-16(15)22(26)24(2)21(20)19-6-5-11-30-19/h5-6,11-14,20-21H,7-10H2,1-4H3/t20-,21+/m0/s1. The molecule has 0 spiro atoms. The first-order chi connectivity index (χ1) is 14.5. The van der Waals surface area contributed by atoms with E-state index in [1.54, 1.807) is 43.6 Å². The second-order valence-electron chi connectivity index (χ2n) is 8.16. The Bertz CT molecular complexity index is 935. The molecule has 1 saturated heterocycles. The number of hydrogen-bond donors (Lipinski definition) is 0. The zero-order chi connectivity index (χ0) is 21.4. The first-order valence-corrected chi connectivity index (χ1v) is 11.2. The van der Waals surface area contributed by atoms with Crippen molar-refractivity contribution in [3.8, 4) is 11.5 Å². The fourth-order valence-corrected chi connectivity index (χ4v) is 5.46. The van der Waals surface area contributed by atoms with E-state index >= 15 is 0 Å². The number of likely N-dealkylation sites (tertiary alicyclic amines) is 1. The molecule has 2 atom stereocenters. The molecule has 160 valence electrons. The molecule has 0 radical (unpaired) electrons. The number of benzene rings is 1. The van der Waals surface area contributed by atoms with Gasteiger partial charge in [0, 0.05) is 30.6 Å². The molecule has 2 aliphatic heterocycles. The lowest BCUT2D eigenvalue weighted by atomic mass is 9.80. The zero-order valence-corrected chi connectivity index (χ0v) is 18.7. The van der Waals surface area contributed by atoms with Crippen molar-refractivity contribution in [2.45, 2.75) is 31.7 Å². The largest absolute Gasteiger partial charge is 0.493 e. The van der Waals surface area contributed by atoms with Gasteiger partial charge in [-0.3, -0.25) is 9.59 Å². The third kappa shape index (κ3) is 3.45. The van der Waals surface area contributed by atoms with Crippen LogP contribution in [0.15, 0.2) is 29.6 Å². The summed E-state index contributed by atoms with van der Waals surface area (Å²) in [6.45, 7) is 3.75. The monoisotopic (exact) mass is 428 g/mol. The number of piperidine rings is 1. The molecule has 1 fully saturated rings. The van der Waals surface area contributed by atoms with Crippen LogP contribution in [0.5, 0.6) is 11.5 Å². The molecule has 7 heteroatoms. The summed E-state index contributed by atoms with van der Waals surface area (Å²) in [5, 5.41) is 1.99.